The summed E-state index contributed by atoms with van der Waals surface area (Å²) in [5.74, 6) is -1.06. The van der Waals surface area contributed by atoms with Gasteiger partial charge in [0.2, 0.25) is 11.8 Å². The van der Waals surface area contributed by atoms with Crippen molar-refractivity contribution in [3.8, 4) is 0 Å². The van der Waals surface area contributed by atoms with Gasteiger partial charge >= 0.3 is 0 Å². The number of carbonyl (C=O) groups is 4. The molecule has 4 aliphatic rings. The molecule has 52 heavy (non-hydrogen) atoms. The minimum atomic E-state index is -0.897. The van der Waals surface area contributed by atoms with Gasteiger partial charge in [-0.3, -0.25) is 19.2 Å². The number of ether oxygens (including phenoxy) is 1. The molecule has 3 N–H and O–H groups in total. The summed E-state index contributed by atoms with van der Waals surface area (Å²) in [5.41, 5.74) is -0.646. The lowest BCUT2D eigenvalue weighted by atomic mass is 9.91. The van der Waals surface area contributed by atoms with Crippen molar-refractivity contribution in [1.82, 2.24) is 30.7 Å². The maximum atomic E-state index is 14.2. The van der Waals surface area contributed by atoms with Crippen molar-refractivity contribution in [3.63, 3.8) is 0 Å². The van der Waals surface area contributed by atoms with Crippen LogP contribution >= 0.6 is 0 Å². The number of aliphatic hydroxyl groups excluding tert-OH is 1. The first-order valence-electron chi connectivity index (χ1n) is 18.0. The number of amidine groups is 2. The molecule has 282 valence electrons. The zero-order chi connectivity index (χ0) is 37.9. The molecule has 4 aliphatic heterocycles. The number of rotatable bonds is 11. The fraction of sp³-hybridized carbons (Fsp3) is 0.667. The number of likely N-dealkylation sites (tertiary alicyclic amines) is 2. The number of aromatic nitrogens is 2. The Morgan fingerprint density at radius 3 is 1.83 bits per heavy atom. The summed E-state index contributed by atoms with van der Waals surface area (Å²) in [6, 6.07) is 2.35. The van der Waals surface area contributed by atoms with Crippen molar-refractivity contribution < 1.29 is 38.1 Å². The molecule has 2 fully saturated rings. The van der Waals surface area contributed by atoms with E-state index in [2.05, 4.69) is 30.9 Å². The Bertz CT molecular complexity index is 1790. The van der Waals surface area contributed by atoms with Crippen LogP contribution in [0, 0.1) is 18.8 Å². The third kappa shape index (κ3) is 7.14. The van der Waals surface area contributed by atoms with E-state index in [0.29, 0.717) is 41.0 Å². The minimum absolute atomic E-state index is 0.0458. The summed E-state index contributed by atoms with van der Waals surface area (Å²) in [6.45, 7) is 16.8. The monoisotopic (exact) mass is 722 g/mol. The molecule has 16 heteroatoms. The van der Waals surface area contributed by atoms with Gasteiger partial charge in [-0.05, 0) is 46.5 Å². The summed E-state index contributed by atoms with van der Waals surface area (Å²) in [4.78, 5) is 65.2. The van der Waals surface area contributed by atoms with Crippen LogP contribution in [0.15, 0.2) is 31.2 Å². The van der Waals surface area contributed by atoms with Gasteiger partial charge in [-0.15, -0.1) is 0 Å². The average molecular weight is 723 g/mol. The number of aliphatic imine (C=N–C) groups is 2. The summed E-state index contributed by atoms with van der Waals surface area (Å²) in [5, 5.41) is 25.1. The Balaban J connectivity index is 1.17. The standard InChI is InChI=1S/C36H50N8O8/c1-17(2)27(25-10-19(5)41-51-25)32(47)44-15-22(13-24(44)30-38-34(49)36(8,9)40-30)50-16-20-11-26(52-42-20)28(18(3)4)31(46)43-14-21(45)12-23(43)29-37-33(48)35(6,7)39-29/h10-11,17-18,21-24,27-28,45H,12-16H2,1-9H3,(H,37,39,48)(H,38,40,49)/t21-,22-,23+,24-,27-,28+/m1/s1. The molecule has 0 aromatic carbocycles. The van der Waals surface area contributed by atoms with Crippen molar-refractivity contribution >= 4 is 35.3 Å². The summed E-state index contributed by atoms with van der Waals surface area (Å²) in [7, 11) is 0. The third-order valence-electron chi connectivity index (χ3n) is 10.3. The number of aliphatic hydroxyl groups is 1. The van der Waals surface area contributed by atoms with Gasteiger partial charge in [0.15, 0.2) is 0 Å². The minimum Gasteiger partial charge on any atom is -0.391 e. The molecular weight excluding hydrogens is 672 g/mol. The number of hydrogen-bond donors (Lipinski definition) is 3. The molecule has 16 nitrogen and oxygen atoms in total. The number of hydrogen-bond acceptors (Lipinski definition) is 12. The van der Waals surface area contributed by atoms with Crippen molar-refractivity contribution in [1.29, 1.82) is 0 Å². The van der Waals surface area contributed by atoms with Crippen molar-refractivity contribution in [2.45, 2.75) is 129 Å². The molecule has 6 rings (SSSR count). The van der Waals surface area contributed by atoms with Crippen LogP contribution in [0.5, 0.6) is 0 Å². The maximum Gasteiger partial charge on any atom is 0.272 e. The molecule has 2 aromatic heterocycles. The Hall–Kier alpha value is -4.44. The van der Waals surface area contributed by atoms with Crippen LogP contribution < -0.4 is 10.6 Å². The van der Waals surface area contributed by atoms with E-state index >= 15 is 0 Å². The zero-order valence-electron chi connectivity index (χ0n) is 31.3. The van der Waals surface area contributed by atoms with Crippen LogP contribution in [0.4, 0.5) is 0 Å². The molecule has 6 atom stereocenters. The van der Waals surface area contributed by atoms with Gasteiger partial charge in [-0.25, -0.2) is 0 Å². The lowest BCUT2D eigenvalue weighted by Crippen LogP contribution is -2.51. The Morgan fingerprint density at radius 1 is 0.846 bits per heavy atom. The molecule has 4 amide bonds. The van der Waals surface area contributed by atoms with E-state index in [9.17, 15) is 24.3 Å². The second-order valence-electron chi connectivity index (χ2n) is 16.2. The topological polar surface area (TPSA) is 205 Å². The summed E-state index contributed by atoms with van der Waals surface area (Å²) in [6.07, 6.45) is -0.555. The summed E-state index contributed by atoms with van der Waals surface area (Å²) < 4.78 is 17.6. The molecule has 0 saturated carbocycles. The predicted molar refractivity (Wildman–Crippen MR) is 187 cm³/mol. The van der Waals surface area contributed by atoms with Crippen LogP contribution in [0.25, 0.3) is 0 Å². The molecule has 2 aromatic rings. The Morgan fingerprint density at radius 2 is 1.35 bits per heavy atom. The highest BCUT2D eigenvalue weighted by Crippen LogP contribution is 2.35. The normalized spacial score (nSPS) is 26.5. The maximum absolute atomic E-state index is 14.2. The molecule has 0 radical (unpaired) electrons. The second kappa shape index (κ2) is 13.8. The molecule has 2 saturated heterocycles. The van der Waals surface area contributed by atoms with Gasteiger partial charge in [-0.1, -0.05) is 38.0 Å². The largest absolute Gasteiger partial charge is 0.391 e. The van der Waals surface area contributed by atoms with Crippen LogP contribution in [0.1, 0.15) is 103 Å². The highest BCUT2D eigenvalue weighted by molar-refractivity contribution is 6.10. The SMILES string of the molecule is Cc1cc([C@H](C(=O)N2C[C@H](OCc3cc([C@@H](C(=O)N4C[C@H](O)C[C@H]4C4=NC(=O)C(C)(C)N4)C(C)C)on3)C[C@@H]2C2=NC(=O)C(C)(C)N2)C(C)C)on1. The van der Waals surface area contributed by atoms with E-state index in [-0.39, 0.29) is 61.6 Å². The molecular formula is C36H50N8O8. The van der Waals surface area contributed by atoms with Crippen LogP contribution in [-0.4, -0.2) is 109 Å². The van der Waals surface area contributed by atoms with Crippen LogP contribution in [0.2, 0.25) is 0 Å². The van der Waals surface area contributed by atoms with Crippen molar-refractivity contribution in [2.75, 3.05) is 13.1 Å². The van der Waals surface area contributed by atoms with Gasteiger partial charge in [0.1, 0.15) is 51.8 Å². The Labute approximate surface area is 302 Å². The van der Waals surface area contributed by atoms with E-state index in [1.54, 1.807) is 56.6 Å². The molecule has 0 aliphatic carbocycles. The number of β-amino-alcohol motifs (C(OH)–C–C–N with tert-alkyl or cyclic N) is 1. The quantitative estimate of drug-likeness (QED) is 0.306. The number of nitrogens with zero attached hydrogens (tertiary/aromatic N) is 6. The average Bonchev–Trinajstić information content (AvgIpc) is 3.89. The third-order valence-corrected chi connectivity index (χ3v) is 10.3. The number of nitrogens with one attached hydrogen (secondary N) is 2. The van der Waals surface area contributed by atoms with E-state index in [0.717, 1.165) is 0 Å². The van der Waals surface area contributed by atoms with Crippen LogP contribution in [-0.2, 0) is 30.5 Å². The first-order valence-corrected chi connectivity index (χ1v) is 18.0. The first-order chi connectivity index (χ1) is 24.4. The number of amides is 4. The van der Waals surface area contributed by atoms with E-state index < -0.39 is 47.2 Å². The predicted octanol–water partition coefficient (Wildman–Crippen LogP) is 2.21. The smallest absolute Gasteiger partial charge is 0.272 e. The van der Waals surface area contributed by atoms with Gasteiger partial charge < -0.3 is 39.3 Å². The molecule has 6 heterocycles. The lowest BCUT2D eigenvalue weighted by Gasteiger charge is -2.30. The summed E-state index contributed by atoms with van der Waals surface area (Å²) >= 11 is 0. The van der Waals surface area contributed by atoms with E-state index in [4.69, 9.17) is 13.8 Å². The van der Waals surface area contributed by atoms with Crippen LogP contribution in [0.3, 0.4) is 0 Å². The zero-order valence-corrected chi connectivity index (χ0v) is 31.3. The van der Waals surface area contributed by atoms with Gasteiger partial charge in [0.05, 0.1) is 36.6 Å². The fourth-order valence-corrected chi connectivity index (χ4v) is 7.46. The number of aryl methyl sites for hydroxylation is 1. The molecule has 0 bridgehead atoms. The lowest BCUT2D eigenvalue weighted by molar-refractivity contribution is -0.135. The Kier molecular flexibility index (Phi) is 9.93. The highest BCUT2D eigenvalue weighted by Gasteiger charge is 2.48. The van der Waals surface area contributed by atoms with Crippen molar-refractivity contribution in [3.05, 3.63) is 35.0 Å². The molecule has 0 spiro atoms. The van der Waals surface area contributed by atoms with Crippen molar-refractivity contribution in [2.24, 2.45) is 21.8 Å². The molecule has 0 unspecified atom stereocenters. The van der Waals surface area contributed by atoms with Gasteiger partial charge in [0.25, 0.3) is 11.8 Å². The second-order valence-corrected chi connectivity index (χ2v) is 16.2. The first kappa shape index (κ1) is 37.3. The van der Waals surface area contributed by atoms with E-state index in [1.807, 2.05) is 27.7 Å². The highest BCUT2D eigenvalue weighted by atomic mass is 16.5. The van der Waals surface area contributed by atoms with Gasteiger partial charge in [0, 0.05) is 38.1 Å². The van der Waals surface area contributed by atoms with E-state index in [1.165, 1.54) is 0 Å². The van der Waals surface area contributed by atoms with Gasteiger partial charge in [-0.2, -0.15) is 9.98 Å². The number of carbonyl (C=O) groups excluding carboxylic acids is 4. The fourth-order valence-electron chi connectivity index (χ4n) is 7.46.